The van der Waals surface area contributed by atoms with Crippen molar-refractivity contribution in [2.24, 2.45) is 0 Å². The number of nitrogens with zero attached hydrogens (tertiary/aromatic N) is 3. The number of imide groups is 1. The van der Waals surface area contributed by atoms with Gasteiger partial charge < -0.3 is 9.47 Å². The molecule has 2 amide bonds. The zero-order valence-corrected chi connectivity index (χ0v) is 19.5. The number of hydrogen-bond acceptors (Lipinski definition) is 6. The Kier molecular flexibility index (Phi) is 6.16. The topological polar surface area (TPSA) is 81.6 Å². The molecule has 0 saturated carbocycles. The summed E-state index contributed by atoms with van der Waals surface area (Å²) in [6, 6.07) is 20.7. The Morgan fingerprint density at radius 1 is 0.857 bits per heavy atom. The van der Waals surface area contributed by atoms with Gasteiger partial charge in [-0.2, -0.15) is 0 Å². The fourth-order valence-electron chi connectivity index (χ4n) is 4.10. The lowest BCUT2D eigenvalue weighted by molar-refractivity contribution is 0.0605. The van der Waals surface area contributed by atoms with Crippen LogP contribution in [-0.4, -0.2) is 33.8 Å². The van der Waals surface area contributed by atoms with Crippen molar-refractivity contribution in [1.82, 2.24) is 14.9 Å². The van der Waals surface area contributed by atoms with Gasteiger partial charge in [0.15, 0.2) is 16.7 Å². The number of ether oxygens (including phenoxy) is 2. The highest BCUT2D eigenvalue weighted by molar-refractivity contribution is 6.30. The maximum Gasteiger partial charge on any atom is 0.262 e. The molecule has 1 aromatic heterocycles. The molecule has 5 rings (SSSR count). The summed E-state index contributed by atoms with van der Waals surface area (Å²) >= 11 is 6.41. The molecule has 3 aromatic carbocycles. The molecule has 7 nitrogen and oxygen atoms in total. The molecule has 0 N–H and O–H groups in total. The van der Waals surface area contributed by atoms with Crippen molar-refractivity contribution in [3.63, 3.8) is 0 Å². The van der Waals surface area contributed by atoms with E-state index >= 15 is 0 Å². The van der Waals surface area contributed by atoms with Crippen LogP contribution in [0.4, 0.5) is 0 Å². The van der Waals surface area contributed by atoms with E-state index in [9.17, 15) is 9.59 Å². The molecule has 0 spiro atoms. The van der Waals surface area contributed by atoms with Gasteiger partial charge in [0.05, 0.1) is 18.2 Å². The Hall–Kier alpha value is -4.23. The fraction of sp³-hybridized carbons (Fsp3) is 0.111. The molecule has 0 radical (unpaired) electrons. The highest BCUT2D eigenvalue weighted by Gasteiger charge is 2.42. The van der Waals surface area contributed by atoms with Crippen molar-refractivity contribution < 1.29 is 19.1 Å². The Labute approximate surface area is 206 Å². The Bertz CT molecular complexity index is 1380. The van der Waals surface area contributed by atoms with Crippen LogP contribution in [0.2, 0.25) is 5.15 Å². The predicted octanol–water partition coefficient (Wildman–Crippen LogP) is 5.10. The minimum absolute atomic E-state index is 0.0941. The zero-order valence-electron chi connectivity index (χ0n) is 18.7. The summed E-state index contributed by atoms with van der Waals surface area (Å²) in [4.78, 5) is 36.4. The summed E-state index contributed by atoms with van der Waals surface area (Å²) in [6.45, 7) is 0.310. The van der Waals surface area contributed by atoms with Crippen molar-refractivity contribution in [1.29, 1.82) is 0 Å². The van der Waals surface area contributed by atoms with E-state index in [1.807, 2.05) is 30.3 Å². The van der Waals surface area contributed by atoms with Crippen molar-refractivity contribution in [3.8, 4) is 11.5 Å². The molecule has 1 unspecified atom stereocenters. The molecule has 8 heteroatoms. The fourth-order valence-corrected chi connectivity index (χ4v) is 4.31. The van der Waals surface area contributed by atoms with Gasteiger partial charge in [-0.1, -0.05) is 60.1 Å². The van der Waals surface area contributed by atoms with Crippen LogP contribution < -0.4 is 9.47 Å². The maximum absolute atomic E-state index is 13.4. The second-order valence-electron chi connectivity index (χ2n) is 7.85. The van der Waals surface area contributed by atoms with Crippen molar-refractivity contribution >= 4 is 23.4 Å². The third-order valence-electron chi connectivity index (χ3n) is 5.76. The molecule has 4 aromatic rings. The van der Waals surface area contributed by atoms with Crippen LogP contribution in [-0.2, 0) is 6.61 Å². The van der Waals surface area contributed by atoms with Crippen LogP contribution >= 0.6 is 11.6 Å². The SMILES string of the molecule is COc1ccc(C(c2nccnc2Cl)N2C(=O)c3ccccc3C2=O)cc1OCc1ccccc1. The van der Waals surface area contributed by atoms with E-state index in [4.69, 9.17) is 21.1 Å². The molecule has 0 saturated heterocycles. The predicted molar refractivity (Wildman–Crippen MR) is 130 cm³/mol. The van der Waals surface area contributed by atoms with Gasteiger partial charge in [-0.3, -0.25) is 19.5 Å². The van der Waals surface area contributed by atoms with Gasteiger partial charge >= 0.3 is 0 Å². The average Bonchev–Trinajstić information content (AvgIpc) is 3.15. The van der Waals surface area contributed by atoms with Crippen LogP contribution in [0.25, 0.3) is 0 Å². The summed E-state index contributed by atoms with van der Waals surface area (Å²) in [5.74, 6) is 0.103. The second-order valence-corrected chi connectivity index (χ2v) is 8.20. The Morgan fingerprint density at radius 3 is 2.17 bits per heavy atom. The highest BCUT2D eigenvalue weighted by atomic mass is 35.5. The van der Waals surface area contributed by atoms with Crippen LogP contribution in [0.1, 0.15) is 43.6 Å². The summed E-state index contributed by atoms with van der Waals surface area (Å²) in [6.07, 6.45) is 2.93. The lowest BCUT2D eigenvalue weighted by Gasteiger charge is -2.27. The number of benzene rings is 3. The molecule has 2 heterocycles. The van der Waals surface area contributed by atoms with Gasteiger partial charge in [0.1, 0.15) is 18.3 Å². The van der Waals surface area contributed by atoms with Gasteiger partial charge in [0, 0.05) is 12.4 Å². The Morgan fingerprint density at radius 2 is 1.51 bits per heavy atom. The third-order valence-corrected chi connectivity index (χ3v) is 6.05. The van der Waals surface area contributed by atoms with E-state index in [-0.39, 0.29) is 10.8 Å². The monoisotopic (exact) mass is 485 g/mol. The number of hydrogen-bond donors (Lipinski definition) is 0. The number of fused-ring (bicyclic) bond motifs is 1. The number of carbonyl (C=O) groups excluding carboxylic acids is 2. The molecule has 1 aliphatic rings. The number of rotatable bonds is 7. The van der Waals surface area contributed by atoms with Gasteiger partial charge in [-0.05, 0) is 35.4 Å². The first-order valence-electron chi connectivity index (χ1n) is 10.9. The number of aromatic nitrogens is 2. The quantitative estimate of drug-likeness (QED) is 0.339. The van der Waals surface area contributed by atoms with Gasteiger partial charge in [0.25, 0.3) is 11.8 Å². The zero-order chi connectivity index (χ0) is 24.4. The molecule has 1 atom stereocenters. The number of carbonyl (C=O) groups is 2. The van der Waals surface area contributed by atoms with Gasteiger partial charge in [-0.15, -0.1) is 0 Å². The highest BCUT2D eigenvalue weighted by Crippen LogP contribution is 2.40. The maximum atomic E-state index is 13.4. The summed E-state index contributed by atoms with van der Waals surface area (Å²) < 4.78 is 11.6. The molecule has 1 aliphatic heterocycles. The average molecular weight is 486 g/mol. The molecular formula is C27H20ClN3O4. The first-order valence-corrected chi connectivity index (χ1v) is 11.2. The van der Waals surface area contributed by atoms with E-state index in [1.165, 1.54) is 17.3 Å². The molecule has 0 fully saturated rings. The summed E-state index contributed by atoms with van der Waals surface area (Å²) in [7, 11) is 1.55. The van der Waals surface area contributed by atoms with Crippen LogP contribution in [0, 0.1) is 0 Å². The number of methoxy groups -OCH3 is 1. The minimum Gasteiger partial charge on any atom is -0.493 e. The van der Waals surface area contributed by atoms with Crippen LogP contribution in [0.15, 0.2) is 85.2 Å². The standard InChI is InChI=1S/C27H20ClN3O4/c1-34-21-12-11-18(15-22(21)35-16-17-7-3-2-4-8-17)24(23-25(28)30-14-13-29-23)31-26(32)19-9-5-6-10-20(19)27(31)33/h2-15,24H,16H2,1H3. The van der Waals surface area contributed by atoms with E-state index in [0.29, 0.717) is 34.8 Å². The first kappa shape index (κ1) is 22.6. The third kappa shape index (κ3) is 4.22. The van der Waals surface area contributed by atoms with Crippen molar-refractivity contribution in [3.05, 3.63) is 118 Å². The molecule has 35 heavy (non-hydrogen) atoms. The lowest BCUT2D eigenvalue weighted by Crippen LogP contribution is -2.35. The largest absolute Gasteiger partial charge is 0.493 e. The summed E-state index contributed by atoms with van der Waals surface area (Å²) in [5.41, 5.74) is 2.50. The van der Waals surface area contributed by atoms with E-state index in [1.54, 1.807) is 49.6 Å². The van der Waals surface area contributed by atoms with E-state index in [2.05, 4.69) is 9.97 Å². The second kappa shape index (κ2) is 9.56. The van der Waals surface area contributed by atoms with Gasteiger partial charge in [-0.25, -0.2) is 4.98 Å². The van der Waals surface area contributed by atoms with Gasteiger partial charge in [0.2, 0.25) is 0 Å². The van der Waals surface area contributed by atoms with Crippen molar-refractivity contribution in [2.45, 2.75) is 12.6 Å². The smallest absolute Gasteiger partial charge is 0.262 e. The molecule has 0 aliphatic carbocycles. The first-order chi connectivity index (χ1) is 17.1. The number of halogens is 1. The normalized spacial score (nSPS) is 13.5. The molecular weight excluding hydrogens is 466 g/mol. The van der Waals surface area contributed by atoms with Crippen molar-refractivity contribution in [2.75, 3.05) is 7.11 Å². The van der Waals surface area contributed by atoms with Crippen LogP contribution in [0.5, 0.6) is 11.5 Å². The molecule has 174 valence electrons. The van der Waals surface area contributed by atoms with E-state index in [0.717, 1.165) is 5.56 Å². The summed E-state index contributed by atoms with van der Waals surface area (Å²) in [5, 5.41) is 0.0941. The molecule has 0 bridgehead atoms. The Balaban J connectivity index is 1.59. The lowest BCUT2D eigenvalue weighted by atomic mass is 10.0. The van der Waals surface area contributed by atoms with E-state index < -0.39 is 17.9 Å². The van der Waals surface area contributed by atoms with Crippen LogP contribution in [0.3, 0.4) is 0 Å². The number of amides is 2. The minimum atomic E-state index is -0.923.